The average Bonchev–Trinajstić information content (AvgIpc) is 2.98. The zero-order chi connectivity index (χ0) is 16.3. The monoisotopic (exact) mass is 323 g/mol. The van der Waals surface area contributed by atoms with Crippen molar-refractivity contribution >= 4 is 5.96 Å². The molecule has 1 aliphatic heterocycles. The third kappa shape index (κ3) is 6.54. The summed E-state index contributed by atoms with van der Waals surface area (Å²) >= 11 is 0. The second kappa shape index (κ2) is 10.2. The molecule has 1 fully saturated rings. The van der Waals surface area contributed by atoms with Gasteiger partial charge < -0.3 is 15.4 Å². The molecule has 8 heteroatoms. The standard InChI is InChI=1S/C15H29N7O/c1-3-16-15(18-12-14-19-13-20-21(14)2)17-6-4-5-7-22-8-10-23-11-9-22/h13H,3-12H2,1-2H3,(H2,16,17,18). The Labute approximate surface area is 138 Å². The molecule has 0 bridgehead atoms. The second-order valence-corrected chi connectivity index (χ2v) is 5.58. The summed E-state index contributed by atoms with van der Waals surface area (Å²) in [7, 11) is 1.88. The number of aromatic nitrogens is 3. The minimum atomic E-state index is 0.527. The average molecular weight is 323 g/mol. The van der Waals surface area contributed by atoms with Gasteiger partial charge in [-0.15, -0.1) is 0 Å². The van der Waals surface area contributed by atoms with Gasteiger partial charge in [0.15, 0.2) is 5.96 Å². The maximum Gasteiger partial charge on any atom is 0.191 e. The Hall–Kier alpha value is -1.67. The van der Waals surface area contributed by atoms with Crippen LogP contribution in [-0.2, 0) is 18.3 Å². The molecule has 0 saturated carbocycles. The minimum Gasteiger partial charge on any atom is -0.379 e. The first-order valence-corrected chi connectivity index (χ1v) is 8.44. The molecular formula is C15H29N7O. The minimum absolute atomic E-state index is 0.527. The molecule has 0 aromatic carbocycles. The lowest BCUT2D eigenvalue weighted by atomic mass is 10.3. The van der Waals surface area contributed by atoms with Crippen molar-refractivity contribution in [3.8, 4) is 0 Å². The number of morpholine rings is 1. The Morgan fingerprint density at radius 1 is 1.30 bits per heavy atom. The van der Waals surface area contributed by atoms with Crippen LogP contribution >= 0.6 is 0 Å². The Balaban J connectivity index is 1.64. The van der Waals surface area contributed by atoms with E-state index in [0.29, 0.717) is 6.54 Å². The summed E-state index contributed by atoms with van der Waals surface area (Å²) in [6.07, 6.45) is 3.87. The Morgan fingerprint density at radius 2 is 2.13 bits per heavy atom. The van der Waals surface area contributed by atoms with Crippen LogP contribution in [0.3, 0.4) is 0 Å². The molecule has 2 N–H and O–H groups in total. The van der Waals surface area contributed by atoms with Crippen LogP contribution in [-0.4, -0.2) is 71.6 Å². The fraction of sp³-hybridized carbons (Fsp3) is 0.800. The third-order valence-electron chi connectivity index (χ3n) is 3.83. The van der Waals surface area contributed by atoms with Crippen LogP contribution in [0.25, 0.3) is 0 Å². The zero-order valence-corrected chi connectivity index (χ0v) is 14.3. The number of nitrogens with one attached hydrogen (secondary N) is 2. The van der Waals surface area contributed by atoms with Gasteiger partial charge in [0, 0.05) is 33.2 Å². The molecule has 1 aromatic rings. The predicted molar refractivity (Wildman–Crippen MR) is 90.3 cm³/mol. The van der Waals surface area contributed by atoms with Crippen molar-refractivity contribution < 1.29 is 4.74 Å². The van der Waals surface area contributed by atoms with Gasteiger partial charge in [0.2, 0.25) is 0 Å². The van der Waals surface area contributed by atoms with Gasteiger partial charge in [0.25, 0.3) is 0 Å². The molecule has 0 spiro atoms. The van der Waals surface area contributed by atoms with Gasteiger partial charge in [-0.3, -0.25) is 9.58 Å². The number of rotatable bonds is 8. The maximum atomic E-state index is 5.36. The van der Waals surface area contributed by atoms with E-state index in [9.17, 15) is 0 Å². The SMILES string of the molecule is CCNC(=NCc1ncnn1C)NCCCCN1CCOCC1. The van der Waals surface area contributed by atoms with Crippen molar-refractivity contribution in [2.24, 2.45) is 12.0 Å². The van der Waals surface area contributed by atoms with Gasteiger partial charge in [0.1, 0.15) is 18.7 Å². The molecule has 0 unspecified atom stereocenters. The van der Waals surface area contributed by atoms with Crippen LogP contribution in [0.1, 0.15) is 25.6 Å². The summed E-state index contributed by atoms with van der Waals surface area (Å²) in [6.45, 7) is 9.39. The topological polar surface area (TPSA) is 79.6 Å². The van der Waals surface area contributed by atoms with E-state index in [4.69, 9.17) is 4.74 Å². The van der Waals surface area contributed by atoms with E-state index in [1.165, 1.54) is 6.42 Å². The molecule has 1 saturated heterocycles. The van der Waals surface area contributed by atoms with E-state index in [0.717, 1.165) is 64.1 Å². The van der Waals surface area contributed by atoms with Crippen molar-refractivity contribution in [1.29, 1.82) is 0 Å². The number of aryl methyl sites for hydroxylation is 1. The van der Waals surface area contributed by atoms with Crippen LogP contribution in [0.4, 0.5) is 0 Å². The van der Waals surface area contributed by atoms with Crippen molar-refractivity contribution in [1.82, 2.24) is 30.3 Å². The highest BCUT2D eigenvalue weighted by Crippen LogP contribution is 1.99. The van der Waals surface area contributed by atoms with E-state index < -0.39 is 0 Å². The van der Waals surface area contributed by atoms with Crippen LogP contribution in [0, 0.1) is 0 Å². The molecule has 23 heavy (non-hydrogen) atoms. The van der Waals surface area contributed by atoms with E-state index in [1.807, 2.05) is 7.05 Å². The van der Waals surface area contributed by atoms with Gasteiger partial charge >= 0.3 is 0 Å². The Morgan fingerprint density at radius 3 is 2.83 bits per heavy atom. The molecule has 1 aliphatic rings. The first kappa shape index (κ1) is 17.7. The summed E-state index contributed by atoms with van der Waals surface area (Å²) in [5, 5.41) is 10.7. The molecule has 8 nitrogen and oxygen atoms in total. The van der Waals surface area contributed by atoms with Crippen LogP contribution in [0.15, 0.2) is 11.3 Å². The van der Waals surface area contributed by atoms with Crippen molar-refractivity contribution in [3.05, 3.63) is 12.2 Å². The Bertz CT molecular complexity index is 468. The molecule has 130 valence electrons. The Kier molecular flexibility index (Phi) is 7.82. The second-order valence-electron chi connectivity index (χ2n) is 5.58. The van der Waals surface area contributed by atoms with Crippen LogP contribution in [0.2, 0.25) is 0 Å². The lowest BCUT2D eigenvalue weighted by Gasteiger charge is -2.26. The van der Waals surface area contributed by atoms with E-state index >= 15 is 0 Å². The van der Waals surface area contributed by atoms with Gasteiger partial charge in [-0.25, -0.2) is 9.98 Å². The molecular weight excluding hydrogens is 294 g/mol. The highest BCUT2D eigenvalue weighted by atomic mass is 16.5. The quantitative estimate of drug-likeness (QED) is 0.398. The number of ether oxygens (including phenoxy) is 1. The number of guanidine groups is 1. The molecule has 0 amide bonds. The summed E-state index contributed by atoms with van der Waals surface area (Å²) in [6, 6.07) is 0. The lowest BCUT2D eigenvalue weighted by molar-refractivity contribution is 0.0372. The van der Waals surface area contributed by atoms with Gasteiger partial charge in [-0.1, -0.05) is 0 Å². The zero-order valence-electron chi connectivity index (χ0n) is 14.3. The molecule has 0 atom stereocenters. The molecule has 0 radical (unpaired) electrons. The lowest BCUT2D eigenvalue weighted by Crippen LogP contribution is -2.39. The molecule has 1 aromatic heterocycles. The molecule has 0 aliphatic carbocycles. The van der Waals surface area contributed by atoms with Gasteiger partial charge in [0.05, 0.1) is 13.2 Å². The number of aliphatic imine (C=N–C) groups is 1. The van der Waals surface area contributed by atoms with Crippen molar-refractivity contribution in [3.63, 3.8) is 0 Å². The highest BCUT2D eigenvalue weighted by molar-refractivity contribution is 5.79. The number of nitrogens with zero attached hydrogens (tertiary/aromatic N) is 5. The van der Waals surface area contributed by atoms with Crippen molar-refractivity contribution in [2.45, 2.75) is 26.3 Å². The predicted octanol–water partition coefficient (Wildman–Crippen LogP) is -0.0174. The summed E-state index contributed by atoms with van der Waals surface area (Å²) < 4.78 is 7.11. The smallest absolute Gasteiger partial charge is 0.191 e. The van der Waals surface area contributed by atoms with Crippen LogP contribution < -0.4 is 10.6 Å². The largest absolute Gasteiger partial charge is 0.379 e. The van der Waals surface area contributed by atoms with E-state index in [-0.39, 0.29) is 0 Å². The summed E-state index contributed by atoms with van der Waals surface area (Å²) in [4.78, 5) is 11.2. The number of unbranched alkanes of at least 4 members (excludes halogenated alkanes) is 1. The first-order chi connectivity index (χ1) is 11.3. The third-order valence-corrected chi connectivity index (χ3v) is 3.83. The van der Waals surface area contributed by atoms with E-state index in [1.54, 1.807) is 11.0 Å². The molecule has 2 rings (SSSR count). The highest BCUT2D eigenvalue weighted by Gasteiger charge is 2.09. The van der Waals surface area contributed by atoms with E-state index in [2.05, 4.69) is 37.5 Å². The summed E-state index contributed by atoms with van der Waals surface area (Å²) in [5.41, 5.74) is 0. The normalized spacial score (nSPS) is 16.5. The fourth-order valence-corrected chi connectivity index (χ4v) is 2.45. The molecule has 2 heterocycles. The van der Waals surface area contributed by atoms with Gasteiger partial charge in [-0.05, 0) is 26.3 Å². The first-order valence-electron chi connectivity index (χ1n) is 8.44. The van der Waals surface area contributed by atoms with Crippen LogP contribution in [0.5, 0.6) is 0 Å². The van der Waals surface area contributed by atoms with Gasteiger partial charge in [-0.2, -0.15) is 5.10 Å². The van der Waals surface area contributed by atoms with Crippen molar-refractivity contribution in [2.75, 3.05) is 45.9 Å². The maximum absolute atomic E-state index is 5.36. The fourth-order valence-electron chi connectivity index (χ4n) is 2.45. The number of hydrogen-bond donors (Lipinski definition) is 2. The summed E-state index contributed by atoms with van der Waals surface area (Å²) in [5.74, 6) is 1.69. The number of hydrogen-bond acceptors (Lipinski definition) is 5.